The van der Waals surface area contributed by atoms with Gasteiger partial charge in [0.25, 0.3) is 0 Å². The second-order valence-electron chi connectivity index (χ2n) is 4.97. The largest absolute Gasteiger partial charge is 0.387 e. The summed E-state index contributed by atoms with van der Waals surface area (Å²) in [5.74, 6) is 0. The van der Waals surface area contributed by atoms with Crippen LogP contribution in [0.1, 0.15) is 26.0 Å². The number of aromatic nitrogens is 2. The molecule has 0 bridgehead atoms. The minimum atomic E-state index is -0.843. The molecular weight excluding hydrogens is 240 g/mol. The van der Waals surface area contributed by atoms with Crippen molar-refractivity contribution in [3.05, 3.63) is 30.0 Å². The van der Waals surface area contributed by atoms with Gasteiger partial charge in [-0.3, -0.25) is 4.68 Å². The number of hydrogen-bond acceptors (Lipinski definition) is 3. The number of para-hydroxylation sites is 1. The van der Waals surface area contributed by atoms with Crippen LogP contribution in [0.2, 0.25) is 0 Å². The Bertz CT molecular complexity index is 550. The smallest absolute Gasteiger partial charge is 0.0933 e. The third kappa shape index (κ3) is 2.80. The Morgan fingerprint density at radius 3 is 2.68 bits per heavy atom. The highest BCUT2D eigenvalue weighted by molar-refractivity contribution is 5.82. The van der Waals surface area contributed by atoms with E-state index >= 15 is 0 Å². The molecule has 0 saturated carbocycles. The second kappa shape index (κ2) is 5.72. The molecule has 2 rings (SSSR count). The van der Waals surface area contributed by atoms with Gasteiger partial charge >= 0.3 is 0 Å². The zero-order chi connectivity index (χ0) is 13.9. The number of ether oxygens (including phenoxy) is 1. The maximum atomic E-state index is 10.5. The molecule has 0 aliphatic rings. The first-order valence-electron chi connectivity index (χ1n) is 6.79. The number of methoxy groups -OCH3 is 1. The van der Waals surface area contributed by atoms with Crippen molar-refractivity contribution in [2.75, 3.05) is 13.7 Å². The van der Waals surface area contributed by atoms with E-state index in [0.29, 0.717) is 19.4 Å². The van der Waals surface area contributed by atoms with Crippen molar-refractivity contribution in [2.45, 2.75) is 38.8 Å². The lowest BCUT2D eigenvalue weighted by molar-refractivity contribution is -0.0338. The van der Waals surface area contributed by atoms with Crippen LogP contribution in [0.15, 0.2) is 24.3 Å². The summed E-state index contributed by atoms with van der Waals surface area (Å²) >= 11 is 0. The monoisotopic (exact) mass is 262 g/mol. The molecule has 0 spiro atoms. The number of aliphatic hydroxyl groups is 1. The van der Waals surface area contributed by atoms with Gasteiger partial charge in [-0.25, -0.2) is 0 Å². The molecule has 1 atom stereocenters. The molecule has 1 unspecified atom stereocenters. The molecule has 0 aliphatic heterocycles. The van der Waals surface area contributed by atoms with Gasteiger partial charge in [0.1, 0.15) is 0 Å². The molecule has 0 radical (unpaired) electrons. The van der Waals surface area contributed by atoms with Crippen LogP contribution in [-0.4, -0.2) is 34.2 Å². The SMILES string of the molecule is CCn1nc(CC(O)(CC)COC)c2ccccc21. The average molecular weight is 262 g/mol. The lowest BCUT2D eigenvalue weighted by atomic mass is 9.94. The van der Waals surface area contributed by atoms with Crippen molar-refractivity contribution in [1.29, 1.82) is 0 Å². The first kappa shape index (κ1) is 14.0. The van der Waals surface area contributed by atoms with Gasteiger partial charge in [0, 0.05) is 25.5 Å². The standard InChI is InChI=1S/C15H22N2O2/c1-4-15(18,11-19-3)10-13-12-8-6-7-9-14(12)17(5-2)16-13/h6-9,18H,4-5,10-11H2,1-3H3. The molecule has 0 fully saturated rings. The van der Waals surface area contributed by atoms with Crippen molar-refractivity contribution in [1.82, 2.24) is 9.78 Å². The Hall–Kier alpha value is -1.39. The molecular formula is C15H22N2O2. The highest BCUT2D eigenvalue weighted by Crippen LogP contribution is 2.24. The fraction of sp³-hybridized carbons (Fsp3) is 0.533. The van der Waals surface area contributed by atoms with Crippen molar-refractivity contribution < 1.29 is 9.84 Å². The number of rotatable bonds is 6. The molecule has 4 nitrogen and oxygen atoms in total. The number of fused-ring (bicyclic) bond motifs is 1. The van der Waals surface area contributed by atoms with Gasteiger partial charge in [0.2, 0.25) is 0 Å². The third-order valence-electron chi connectivity index (χ3n) is 3.60. The van der Waals surface area contributed by atoms with E-state index in [9.17, 15) is 5.11 Å². The first-order chi connectivity index (χ1) is 9.13. The number of hydrogen-bond donors (Lipinski definition) is 1. The first-order valence-corrected chi connectivity index (χ1v) is 6.79. The Labute approximate surface area is 114 Å². The Balaban J connectivity index is 2.40. The van der Waals surface area contributed by atoms with Crippen LogP contribution < -0.4 is 0 Å². The summed E-state index contributed by atoms with van der Waals surface area (Å²) in [6.07, 6.45) is 1.17. The lowest BCUT2D eigenvalue weighted by Crippen LogP contribution is -2.36. The Morgan fingerprint density at radius 2 is 2.05 bits per heavy atom. The van der Waals surface area contributed by atoms with Gasteiger partial charge in [-0.2, -0.15) is 5.10 Å². The third-order valence-corrected chi connectivity index (χ3v) is 3.60. The number of nitrogens with zero attached hydrogens (tertiary/aromatic N) is 2. The highest BCUT2D eigenvalue weighted by Gasteiger charge is 2.27. The molecule has 1 heterocycles. The van der Waals surface area contributed by atoms with Gasteiger partial charge in [-0.05, 0) is 19.4 Å². The molecule has 1 aromatic carbocycles. The Kier molecular flexibility index (Phi) is 4.22. The Morgan fingerprint density at radius 1 is 1.32 bits per heavy atom. The van der Waals surface area contributed by atoms with E-state index in [1.54, 1.807) is 7.11 Å². The van der Waals surface area contributed by atoms with Crippen molar-refractivity contribution in [3.8, 4) is 0 Å². The molecule has 104 valence electrons. The molecule has 4 heteroatoms. The lowest BCUT2D eigenvalue weighted by Gasteiger charge is -2.24. The molecule has 0 amide bonds. The summed E-state index contributed by atoms with van der Waals surface area (Å²) in [6, 6.07) is 8.15. The number of benzene rings is 1. The summed E-state index contributed by atoms with van der Waals surface area (Å²) in [5.41, 5.74) is 1.22. The van der Waals surface area contributed by atoms with E-state index < -0.39 is 5.60 Å². The molecule has 0 aliphatic carbocycles. The van der Waals surface area contributed by atoms with Crippen molar-refractivity contribution in [2.24, 2.45) is 0 Å². The van der Waals surface area contributed by atoms with E-state index in [-0.39, 0.29) is 0 Å². The summed E-state index contributed by atoms with van der Waals surface area (Å²) in [5, 5.41) is 16.3. The summed E-state index contributed by atoms with van der Waals surface area (Å²) in [7, 11) is 1.61. The van der Waals surface area contributed by atoms with Crippen LogP contribution in [0.5, 0.6) is 0 Å². The number of aryl methyl sites for hydroxylation is 1. The van der Waals surface area contributed by atoms with E-state index in [1.807, 2.05) is 23.7 Å². The predicted octanol–water partition coefficient (Wildman–Crippen LogP) is 2.39. The second-order valence-corrected chi connectivity index (χ2v) is 4.97. The fourth-order valence-electron chi connectivity index (χ4n) is 2.43. The van der Waals surface area contributed by atoms with Gasteiger partial charge in [-0.15, -0.1) is 0 Å². The molecule has 1 N–H and O–H groups in total. The summed E-state index contributed by atoms with van der Waals surface area (Å²) < 4.78 is 7.11. The van der Waals surface area contributed by atoms with Crippen LogP contribution in [0, 0.1) is 0 Å². The van der Waals surface area contributed by atoms with Crippen LogP contribution in [0.3, 0.4) is 0 Å². The predicted molar refractivity (Wildman–Crippen MR) is 76.2 cm³/mol. The van der Waals surface area contributed by atoms with Crippen LogP contribution >= 0.6 is 0 Å². The van der Waals surface area contributed by atoms with E-state index in [4.69, 9.17) is 4.74 Å². The zero-order valence-corrected chi connectivity index (χ0v) is 11.9. The topological polar surface area (TPSA) is 47.3 Å². The van der Waals surface area contributed by atoms with E-state index in [2.05, 4.69) is 24.2 Å². The highest BCUT2D eigenvalue weighted by atomic mass is 16.5. The normalized spacial score (nSPS) is 14.7. The summed E-state index contributed by atoms with van der Waals surface area (Å²) in [4.78, 5) is 0. The quantitative estimate of drug-likeness (QED) is 0.869. The van der Waals surface area contributed by atoms with Crippen LogP contribution in [-0.2, 0) is 17.7 Å². The van der Waals surface area contributed by atoms with Gasteiger partial charge < -0.3 is 9.84 Å². The molecule has 1 aromatic heterocycles. The van der Waals surface area contributed by atoms with Crippen LogP contribution in [0.25, 0.3) is 10.9 Å². The van der Waals surface area contributed by atoms with Gasteiger partial charge in [-0.1, -0.05) is 25.1 Å². The molecule has 0 saturated heterocycles. The van der Waals surface area contributed by atoms with E-state index in [1.165, 1.54) is 0 Å². The maximum Gasteiger partial charge on any atom is 0.0933 e. The van der Waals surface area contributed by atoms with E-state index in [0.717, 1.165) is 23.1 Å². The maximum absolute atomic E-state index is 10.5. The molecule has 19 heavy (non-hydrogen) atoms. The fourth-order valence-corrected chi connectivity index (χ4v) is 2.43. The minimum absolute atomic E-state index is 0.330. The average Bonchev–Trinajstić information content (AvgIpc) is 2.77. The van der Waals surface area contributed by atoms with Gasteiger partial charge in [0.15, 0.2) is 0 Å². The van der Waals surface area contributed by atoms with Crippen LogP contribution in [0.4, 0.5) is 0 Å². The van der Waals surface area contributed by atoms with Gasteiger partial charge in [0.05, 0.1) is 23.4 Å². The molecule has 2 aromatic rings. The van der Waals surface area contributed by atoms with Crippen molar-refractivity contribution in [3.63, 3.8) is 0 Å². The minimum Gasteiger partial charge on any atom is -0.387 e. The summed E-state index contributed by atoms with van der Waals surface area (Å²) in [6.45, 7) is 5.20. The zero-order valence-electron chi connectivity index (χ0n) is 11.9. The van der Waals surface area contributed by atoms with Crippen molar-refractivity contribution >= 4 is 10.9 Å².